The number of para-hydroxylation sites is 2. The Kier molecular flexibility index (Phi) is 5.61. The lowest BCUT2D eigenvalue weighted by molar-refractivity contribution is 1.35. The summed E-state index contributed by atoms with van der Waals surface area (Å²) in [6.07, 6.45) is 0. The summed E-state index contributed by atoms with van der Waals surface area (Å²) in [6, 6.07) is 47.3. The van der Waals surface area contributed by atoms with Crippen molar-refractivity contribution in [2.45, 2.75) is 13.1 Å². The van der Waals surface area contributed by atoms with Crippen molar-refractivity contribution in [1.82, 2.24) is 9.97 Å². The Bertz CT molecular complexity index is 1780. The van der Waals surface area contributed by atoms with E-state index in [4.69, 9.17) is 9.97 Å². The lowest BCUT2D eigenvalue weighted by atomic mass is 9.90. The summed E-state index contributed by atoms with van der Waals surface area (Å²) in [4.78, 5) is 10.5. The molecule has 0 N–H and O–H groups in total. The van der Waals surface area contributed by atoms with Gasteiger partial charge in [-0.2, -0.15) is 0 Å². The molecule has 3 heterocycles. The number of fused-ring (bicyclic) bond motifs is 2. The van der Waals surface area contributed by atoms with Gasteiger partial charge in [-0.25, -0.2) is 9.97 Å². The van der Waals surface area contributed by atoms with Gasteiger partial charge in [0.15, 0.2) is 0 Å². The van der Waals surface area contributed by atoms with Gasteiger partial charge in [0.05, 0.1) is 22.4 Å². The fraction of sp³-hybridized carbons (Fsp3) is 0.0556. The predicted molar refractivity (Wildman–Crippen MR) is 167 cm³/mol. The van der Waals surface area contributed by atoms with Crippen LogP contribution in [0.4, 0.5) is 0 Å². The van der Waals surface area contributed by atoms with Gasteiger partial charge in [-0.1, -0.05) is 122 Å². The van der Waals surface area contributed by atoms with Crippen LogP contribution in [0.25, 0.3) is 43.3 Å². The molecule has 39 heavy (non-hydrogen) atoms. The SMILES string of the molecule is C[Si]1(C)C(c2ccc3ccccc3n2)=C(c2ccccc2)C(c2ccccc2)=C1c1ccc2ccccc2n1. The molecule has 0 atom stereocenters. The molecule has 6 aromatic rings. The third-order valence-corrected chi connectivity index (χ3v) is 11.3. The minimum absolute atomic E-state index is 1.03. The van der Waals surface area contributed by atoms with E-state index in [2.05, 4.69) is 147 Å². The number of allylic oxidation sites excluding steroid dienone is 2. The molecule has 0 saturated heterocycles. The molecule has 0 saturated carbocycles. The summed E-state index contributed by atoms with van der Waals surface area (Å²) in [5, 5.41) is 5.05. The summed E-state index contributed by atoms with van der Waals surface area (Å²) in [5.41, 5.74) is 9.19. The molecule has 0 aliphatic carbocycles. The zero-order chi connectivity index (χ0) is 26.4. The van der Waals surface area contributed by atoms with Gasteiger partial charge in [-0.15, -0.1) is 0 Å². The number of hydrogen-bond acceptors (Lipinski definition) is 2. The summed E-state index contributed by atoms with van der Waals surface area (Å²) in [6.45, 7) is 4.93. The molecule has 0 bridgehead atoms. The van der Waals surface area contributed by atoms with Crippen LogP contribution < -0.4 is 0 Å². The van der Waals surface area contributed by atoms with Crippen LogP contribution in [0.3, 0.4) is 0 Å². The van der Waals surface area contributed by atoms with E-state index in [0.717, 1.165) is 33.2 Å². The van der Waals surface area contributed by atoms with Crippen molar-refractivity contribution in [2.24, 2.45) is 0 Å². The van der Waals surface area contributed by atoms with Crippen molar-refractivity contribution < 1.29 is 0 Å². The quantitative estimate of drug-likeness (QED) is 0.218. The molecule has 7 rings (SSSR count). The number of pyridine rings is 2. The predicted octanol–water partition coefficient (Wildman–Crippen LogP) is 9.11. The topological polar surface area (TPSA) is 25.8 Å². The Balaban J connectivity index is 1.59. The maximum atomic E-state index is 5.26. The van der Waals surface area contributed by atoms with Crippen LogP contribution in [0.2, 0.25) is 13.1 Å². The second-order valence-corrected chi connectivity index (χ2v) is 14.9. The summed E-state index contributed by atoms with van der Waals surface area (Å²) < 4.78 is 0. The lowest BCUT2D eigenvalue weighted by Crippen LogP contribution is -2.29. The highest BCUT2D eigenvalue weighted by molar-refractivity contribution is 7.13. The highest BCUT2D eigenvalue weighted by Gasteiger charge is 2.45. The third kappa shape index (κ3) is 3.94. The zero-order valence-corrected chi connectivity index (χ0v) is 23.1. The maximum absolute atomic E-state index is 5.26. The molecule has 2 aromatic heterocycles. The van der Waals surface area contributed by atoms with Gasteiger partial charge in [0.25, 0.3) is 0 Å². The van der Waals surface area contributed by atoms with Crippen molar-refractivity contribution in [3.8, 4) is 0 Å². The molecule has 0 unspecified atom stereocenters. The van der Waals surface area contributed by atoms with Gasteiger partial charge in [0, 0.05) is 10.8 Å². The number of benzene rings is 4. The monoisotopic (exact) mass is 516 g/mol. The van der Waals surface area contributed by atoms with Crippen molar-refractivity contribution in [2.75, 3.05) is 0 Å². The van der Waals surface area contributed by atoms with Crippen LogP contribution in [0.5, 0.6) is 0 Å². The van der Waals surface area contributed by atoms with Crippen molar-refractivity contribution >= 4 is 51.4 Å². The van der Waals surface area contributed by atoms with Crippen LogP contribution in [0.1, 0.15) is 22.5 Å². The van der Waals surface area contributed by atoms with E-state index in [-0.39, 0.29) is 0 Å². The average Bonchev–Trinajstić information content (AvgIpc) is 3.24. The van der Waals surface area contributed by atoms with Crippen molar-refractivity contribution in [1.29, 1.82) is 0 Å². The first-order valence-electron chi connectivity index (χ1n) is 13.4. The first-order valence-corrected chi connectivity index (χ1v) is 16.4. The number of rotatable bonds is 4. The van der Waals surface area contributed by atoms with E-state index >= 15 is 0 Å². The Labute approximate surface area is 230 Å². The van der Waals surface area contributed by atoms with Crippen molar-refractivity contribution in [3.63, 3.8) is 0 Å². The summed E-state index contributed by atoms with van der Waals surface area (Å²) in [7, 11) is -2.31. The number of nitrogens with zero attached hydrogens (tertiary/aromatic N) is 2. The first-order chi connectivity index (χ1) is 19.1. The summed E-state index contributed by atoms with van der Waals surface area (Å²) in [5.74, 6) is 0. The second-order valence-electron chi connectivity index (χ2n) is 10.6. The summed E-state index contributed by atoms with van der Waals surface area (Å²) >= 11 is 0. The van der Waals surface area contributed by atoms with E-state index < -0.39 is 8.07 Å². The highest BCUT2D eigenvalue weighted by Crippen LogP contribution is 2.55. The second kappa shape index (κ2) is 9.30. The smallest absolute Gasteiger partial charge is 0.119 e. The average molecular weight is 517 g/mol. The molecule has 1 aliphatic heterocycles. The van der Waals surface area contributed by atoms with Crippen LogP contribution in [0, 0.1) is 0 Å². The molecule has 0 amide bonds. The van der Waals surface area contributed by atoms with Crippen molar-refractivity contribution in [3.05, 3.63) is 156 Å². The van der Waals surface area contributed by atoms with Gasteiger partial charge in [-0.05, 0) is 56.9 Å². The Morgan fingerprint density at radius 1 is 0.410 bits per heavy atom. The molecule has 1 aliphatic rings. The van der Waals surface area contributed by atoms with Gasteiger partial charge < -0.3 is 0 Å². The standard InChI is InChI=1S/C36H28N2Si/c1-39(2)35(31-23-21-25-13-9-11-19-29(25)37-31)33(27-15-5-3-6-16-27)34(28-17-7-4-8-18-28)36(39)32-24-22-26-14-10-12-20-30(26)38-32/h3-24H,1-2H3. The highest BCUT2D eigenvalue weighted by atomic mass is 28.3. The molecule has 4 aromatic carbocycles. The van der Waals surface area contributed by atoms with Crippen LogP contribution in [0.15, 0.2) is 133 Å². The van der Waals surface area contributed by atoms with Crippen LogP contribution >= 0.6 is 0 Å². The number of aromatic nitrogens is 2. The molecule has 0 radical (unpaired) electrons. The van der Waals surface area contributed by atoms with Gasteiger partial charge >= 0.3 is 0 Å². The Morgan fingerprint density at radius 2 is 0.795 bits per heavy atom. The van der Waals surface area contributed by atoms with Crippen LogP contribution in [-0.4, -0.2) is 18.0 Å². The van der Waals surface area contributed by atoms with Gasteiger partial charge in [-0.3, -0.25) is 0 Å². The lowest BCUT2D eigenvalue weighted by Gasteiger charge is -2.25. The molecule has 0 spiro atoms. The molecular formula is C36H28N2Si. The van der Waals surface area contributed by atoms with E-state index in [9.17, 15) is 0 Å². The van der Waals surface area contributed by atoms with E-state index in [1.54, 1.807) is 0 Å². The fourth-order valence-electron chi connectivity index (χ4n) is 6.09. The molecule has 2 nitrogen and oxygen atoms in total. The minimum Gasteiger partial charge on any atom is -0.249 e. The molecule has 0 fully saturated rings. The largest absolute Gasteiger partial charge is 0.249 e. The molecular weight excluding hydrogens is 488 g/mol. The number of hydrogen-bond donors (Lipinski definition) is 0. The van der Waals surface area contributed by atoms with Gasteiger partial charge in [0.2, 0.25) is 0 Å². The molecule has 3 heteroatoms. The van der Waals surface area contributed by atoms with Gasteiger partial charge in [0.1, 0.15) is 8.07 Å². The van der Waals surface area contributed by atoms with E-state index in [1.807, 2.05) is 0 Å². The first kappa shape index (κ1) is 23.5. The minimum atomic E-state index is -2.31. The van der Waals surface area contributed by atoms with E-state index in [0.29, 0.717) is 0 Å². The third-order valence-electron chi connectivity index (χ3n) is 7.83. The normalized spacial score (nSPS) is 14.9. The van der Waals surface area contributed by atoms with Crippen LogP contribution in [-0.2, 0) is 0 Å². The van der Waals surface area contributed by atoms with E-state index in [1.165, 1.54) is 32.7 Å². The fourth-order valence-corrected chi connectivity index (χ4v) is 9.69. The Hall–Kier alpha value is -4.60. The zero-order valence-electron chi connectivity index (χ0n) is 22.1. The Morgan fingerprint density at radius 3 is 1.23 bits per heavy atom. The maximum Gasteiger partial charge on any atom is 0.119 e. The molecule has 186 valence electrons.